The number of hydrogen-bond donors (Lipinski definition) is 2. The Morgan fingerprint density at radius 2 is 1.85 bits per heavy atom. The number of guanidine groups is 1. The number of carbonyl (C=O) groups excluding carboxylic acids is 1. The van der Waals surface area contributed by atoms with Crippen LogP contribution in [0.2, 0.25) is 0 Å². The molecule has 1 amide bonds. The van der Waals surface area contributed by atoms with Crippen LogP contribution in [0.25, 0.3) is 0 Å². The Balaban J connectivity index is 1.67. The lowest BCUT2D eigenvalue weighted by Crippen LogP contribution is -2.53. The van der Waals surface area contributed by atoms with Gasteiger partial charge in [-0.25, -0.2) is 4.99 Å². The predicted octanol–water partition coefficient (Wildman–Crippen LogP) is 1.11. The van der Waals surface area contributed by atoms with Crippen LogP contribution >= 0.6 is 0 Å². The van der Waals surface area contributed by atoms with Crippen LogP contribution in [0, 0.1) is 6.92 Å². The molecule has 0 radical (unpaired) electrons. The first-order valence-corrected chi connectivity index (χ1v) is 9.69. The van der Waals surface area contributed by atoms with E-state index in [1.165, 1.54) is 32.1 Å². The highest BCUT2D eigenvalue weighted by Gasteiger charge is 2.24. The number of piperidine rings is 1. The van der Waals surface area contributed by atoms with Gasteiger partial charge in [-0.1, -0.05) is 19.3 Å². The molecule has 3 rings (SSSR count). The van der Waals surface area contributed by atoms with E-state index in [0.29, 0.717) is 25.6 Å². The summed E-state index contributed by atoms with van der Waals surface area (Å²) >= 11 is 0. The number of likely N-dealkylation sites (tertiary alicyclic amines) is 1. The van der Waals surface area contributed by atoms with E-state index in [-0.39, 0.29) is 11.9 Å². The molecule has 1 aromatic rings. The standard InChI is InChI=1S/C18H31N7O/c1-13-22-23-16(25(13)3)11-19-18(20-14-7-5-4-6-8-14)21-15-9-10-17(26)24(2)12-15/h14-15H,4-12H2,1-3H3,(H2,19,20,21). The van der Waals surface area contributed by atoms with E-state index in [1.807, 2.05) is 25.6 Å². The van der Waals surface area contributed by atoms with Gasteiger partial charge < -0.3 is 20.1 Å². The maximum atomic E-state index is 11.7. The van der Waals surface area contributed by atoms with Crippen LogP contribution in [0.5, 0.6) is 0 Å². The minimum atomic E-state index is 0.219. The summed E-state index contributed by atoms with van der Waals surface area (Å²) in [5.41, 5.74) is 0. The van der Waals surface area contributed by atoms with Crippen molar-refractivity contribution in [2.24, 2.45) is 12.0 Å². The molecule has 26 heavy (non-hydrogen) atoms. The summed E-state index contributed by atoms with van der Waals surface area (Å²) in [7, 11) is 3.83. The first-order chi connectivity index (χ1) is 12.5. The van der Waals surface area contributed by atoms with E-state index in [1.54, 1.807) is 4.90 Å². The summed E-state index contributed by atoms with van der Waals surface area (Å²) in [6.45, 7) is 3.14. The van der Waals surface area contributed by atoms with Gasteiger partial charge in [0.2, 0.25) is 5.91 Å². The van der Waals surface area contributed by atoms with Crippen molar-refractivity contribution >= 4 is 11.9 Å². The Bertz CT molecular complexity index is 648. The van der Waals surface area contributed by atoms with Crippen molar-refractivity contribution in [3.05, 3.63) is 11.6 Å². The third-order valence-electron chi connectivity index (χ3n) is 5.47. The second-order valence-electron chi connectivity index (χ2n) is 7.52. The number of aliphatic imine (C=N–C) groups is 1. The number of hydrogen-bond acceptors (Lipinski definition) is 4. The molecule has 1 aliphatic heterocycles. The smallest absolute Gasteiger partial charge is 0.222 e. The van der Waals surface area contributed by atoms with Gasteiger partial charge in [-0.2, -0.15) is 0 Å². The molecule has 0 bridgehead atoms. The third-order valence-corrected chi connectivity index (χ3v) is 5.47. The van der Waals surface area contributed by atoms with E-state index >= 15 is 0 Å². The molecule has 2 aliphatic rings. The average molecular weight is 361 g/mol. The van der Waals surface area contributed by atoms with Crippen molar-refractivity contribution < 1.29 is 4.79 Å². The van der Waals surface area contributed by atoms with Crippen LogP contribution < -0.4 is 10.6 Å². The lowest BCUT2D eigenvalue weighted by molar-refractivity contribution is -0.132. The SMILES string of the molecule is Cc1nnc(CN=C(NC2CCCCC2)NC2CCC(=O)N(C)C2)n1C. The van der Waals surface area contributed by atoms with Crippen LogP contribution in [-0.2, 0) is 18.4 Å². The van der Waals surface area contributed by atoms with Crippen molar-refractivity contribution in [1.29, 1.82) is 0 Å². The molecule has 8 heteroatoms. The molecule has 144 valence electrons. The van der Waals surface area contributed by atoms with Crippen LogP contribution in [0.1, 0.15) is 56.6 Å². The number of aromatic nitrogens is 3. The van der Waals surface area contributed by atoms with Crippen molar-refractivity contribution in [1.82, 2.24) is 30.3 Å². The lowest BCUT2D eigenvalue weighted by atomic mass is 9.96. The van der Waals surface area contributed by atoms with Crippen LogP contribution in [-0.4, -0.2) is 57.2 Å². The van der Waals surface area contributed by atoms with Gasteiger partial charge in [0.15, 0.2) is 11.8 Å². The van der Waals surface area contributed by atoms with Crippen molar-refractivity contribution in [3.8, 4) is 0 Å². The quantitative estimate of drug-likeness (QED) is 0.620. The maximum absolute atomic E-state index is 11.7. The normalized spacial score (nSPS) is 22.6. The monoisotopic (exact) mass is 361 g/mol. The summed E-state index contributed by atoms with van der Waals surface area (Å²) in [6.07, 6.45) is 7.68. The molecule has 1 aromatic heterocycles. The first-order valence-electron chi connectivity index (χ1n) is 9.69. The molecule has 0 spiro atoms. The number of rotatable bonds is 4. The largest absolute Gasteiger partial charge is 0.354 e. The van der Waals surface area contributed by atoms with Gasteiger partial charge in [-0.3, -0.25) is 4.79 Å². The Morgan fingerprint density at radius 1 is 1.12 bits per heavy atom. The molecular weight excluding hydrogens is 330 g/mol. The predicted molar refractivity (Wildman–Crippen MR) is 101 cm³/mol. The minimum absolute atomic E-state index is 0.219. The summed E-state index contributed by atoms with van der Waals surface area (Å²) in [5.74, 6) is 2.78. The molecule has 1 aliphatic carbocycles. The number of amides is 1. The fraction of sp³-hybridized carbons (Fsp3) is 0.778. The van der Waals surface area contributed by atoms with Gasteiger partial charge in [0.25, 0.3) is 0 Å². The molecule has 2 fully saturated rings. The first kappa shape index (κ1) is 18.7. The van der Waals surface area contributed by atoms with Crippen molar-refractivity contribution in [3.63, 3.8) is 0 Å². The van der Waals surface area contributed by atoms with Gasteiger partial charge in [0.05, 0.1) is 0 Å². The second kappa shape index (κ2) is 8.51. The van der Waals surface area contributed by atoms with Crippen LogP contribution in [0.4, 0.5) is 0 Å². The molecule has 0 aromatic carbocycles. The highest BCUT2D eigenvalue weighted by atomic mass is 16.2. The van der Waals surface area contributed by atoms with Crippen LogP contribution in [0.15, 0.2) is 4.99 Å². The molecule has 1 unspecified atom stereocenters. The Hall–Kier alpha value is -2.12. The highest BCUT2D eigenvalue weighted by Crippen LogP contribution is 2.17. The van der Waals surface area contributed by atoms with Gasteiger partial charge in [0.1, 0.15) is 12.4 Å². The molecule has 2 heterocycles. The summed E-state index contributed by atoms with van der Waals surface area (Å²) < 4.78 is 1.97. The minimum Gasteiger partial charge on any atom is -0.354 e. The van der Waals surface area contributed by atoms with Gasteiger partial charge in [-0.05, 0) is 26.2 Å². The molecular formula is C18H31N7O. The lowest BCUT2D eigenvalue weighted by Gasteiger charge is -2.32. The molecule has 1 atom stereocenters. The van der Waals surface area contributed by atoms with E-state index < -0.39 is 0 Å². The molecule has 1 saturated carbocycles. The summed E-state index contributed by atoms with van der Waals surface area (Å²) in [6, 6.07) is 0.702. The van der Waals surface area contributed by atoms with Gasteiger partial charge in [0, 0.05) is 39.1 Å². The third kappa shape index (κ3) is 4.74. The zero-order valence-electron chi connectivity index (χ0n) is 16.2. The Morgan fingerprint density at radius 3 is 2.50 bits per heavy atom. The zero-order valence-corrected chi connectivity index (χ0v) is 16.2. The van der Waals surface area contributed by atoms with E-state index in [2.05, 4.69) is 20.8 Å². The van der Waals surface area contributed by atoms with Crippen LogP contribution in [0.3, 0.4) is 0 Å². The van der Waals surface area contributed by atoms with Gasteiger partial charge >= 0.3 is 0 Å². The number of aryl methyl sites for hydroxylation is 1. The zero-order chi connectivity index (χ0) is 18.5. The molecule has 1 saturated heterocycles. The Kier molecular flexibility index (Phi) is 6.11. The van der Waals surface area contributed by atoms with E-state index in [0.717, 1.165) is 24.0 Å². The molecule has 2 N–H and O–H groups in total. The topological polar surface area (TPSA) is 87.4 Å². The number of likely N-dealkylation sites (N-methyl/N-ethyl adjacent to an activating group) is 1. The van der Waals surface area contributed by atoms with E-state index in [9.17, 15) is 4.79 Å². The van der Waals surface area contributed by atoms with Gasteiger partial charge in [-0.15, -0.1) is 10.2 Å². The Labute approximate surface area is 155 Å². The fourth-order valence-corrected chi connectivity index (χ4v) is 3.64. The number of carbonyl (C=O) groups is 1. The van der Waals surface area contributed by atoms with Crippen molar-refractivity contribution in [2.45, 2.75) is 70.5 Å². The number of nitrogens with zero attached hydrogens (tertiary/aromatic N) is 5. The second-order valence-corrected chi connectivity index (χ2v) is 7.52. The maximum Gasteiger partial charge on any atom is 0.222 e. The summed E-state index contributed by atoms with van der Waals surface area (Å²) in [4.78, 5) is 18.3. The average Bonchev–Trinajstić information content (AvgIpc) is 2.95. The number of nitrogens with one attached hydrogen (secondary N) is 2. The van der Waals surface area contributed by atoms with E-state index in [4.69, 9.17) is 4.99 Å². The molecule has 8 nitrogen and oxygen atoms in total. The fourth-order valence-electron chi connectivity index (χ4n) is 3.64. The highest BCUT2D eigenvalue weighted by molar-refractivity contribution is 5.81. The van der Waals surface area contributed by atoms with Crippen molar-refractivity contribution in [2.75, 3.05) is 13.6 Å². The summed E-state index contributed by atoms with van der Waals surface area (Å²) in [5, 5.41) is 15.4.